The van der Waals surface area contributed by atoms with Crippen LogP contribution in [0.3, 0.4) is 0 Å². The second kappa shape index (κ2) is 4.33. The molecule has 2 aliphatic rings. The van der Waals surface area contributed by atoms with Crippen LogP contribution in [0, 0.1) is 23.2 Å². The fourth-order valence-electron chi connectivity index (χ4n) is 3.21. The molecule has 14 heavy (non-hydrogen) atoms. The van der Waals surface area contributed by atoms with Crippen LogP contribution in [0.5, 0.6) is 0 Å². The zero-order valence-electron chi connectivity index (χ0n) is 9.09. The molecular weight excluding hydrogens is 174 g/mol. The van der Waals surface area contributed by atoms with Crippen molar-refractivity contribution in [3.8, 4) is 0 Å². The standard InChI is InChI=1S/C12H21NO/c1-2-14-12(13)11-7-6-9-4-3-5-10(9)8-11/h9-11,13H,2-8H2,1H3. The number of rotatable bonds is 2. The minimum absolute atomic E-state index is 0.439. The van der Waals surface area contributed by atoms with Crippen LogP contribution in [-0.2, 0) is 4.74 Å². The molecule has 0 saturated heterocycles. The average Bonchev–Trinajstić information content (AvgIpc) is 2.64. The summed E-state index contributed by atoms with van der Waals surface area (Å²) in [6, 6.07) is 0. The largest absolute Gasteiger partial charge is 0.481 e. The molecule has 0 spiro atoms. The molecule has 2 nitrogen and oxygen atoms in total. The summed E-state index contributed by atoms with van der Waals surface area (Å²) in [7, 11) is 0. The van der Waals surface area contributed by atoms with Crippen molar-refractivity contribution in [3.05, 3.63) is 0 Å². The van der Waals surface area contributed by atoms with Crippen molar-refractivity contribution in [2.24, 2.45) is 17.8 Å². The highest BCUT2D eigenvalue weighted by Crippen LogP contribution is 2.44. The van der Waals surface area contributed by atoms with Gasteiger partial charge in [-0.05, 0) is 38.0 Å². The Morgan fingerprint density at radius 1 is 1.21 bits per heavy atom. The lowest BCUT2D eigenvalue weighted by Crippen LogP contribution is -2.27. The summed E-state index contributed by atoms with van der Waals surface area (Å²) in [6.45, 7) is 2.62. The highest BCUT2D eigenvalue weighted by atomic mass is 16.5. The lowest BCUT2D eigenvalue weighted by atomic mass is 9.76. The fraction of sp³-hybridized carbons (Fsp3) is 0.917. The molecule has 2 rings (SSSR count). The molecule has 0 radical (unpaired) electrons. The van der Waals surface area contributed by atoms with Crippen molar-refractivity contribution in [1.82, 2.24) is 0 Å². The summed E-state index contributed by atoms with van der Waals surface area (Å²) in [5.74, 6) is 2.89. The van der Waals surface area contributed by atoms with E-state index in [0.717, 1.165) is 11.8 Å². The summed E-state index contributed by atoms with van der Waals surface area (Å²) in [5, 5.41) is 7.81. The van der Waals surface area contributed by atoms with Crippen molar-refractivity contribution >= 4 is 5.90 Å². The Hall–Kier alpha value is -0.530. The van der Waals surface area contributed by atoms with Gasteiger partial charge in [-0.1, -0.05) is 19.3 Å². The highest BCUT2D eigenvalue weighted by molar-refractivity contribution is 5.75. The molecule has 80 valence electrons. The van der Waals surface area contributed by atoms with E-state index in [-0.39, 0.29) is 0 Å². The molecule has 3 unspecified atom stereocenters. The van der Waals surface area contributed by atoms with E-state index < -0.39 is 0 Å². The molecular formula is C12H21NO. The van der Waals surface area contributed by atoms with Crippen LogP contribution in [0.2, 0.25) is 0 Å². The summed E-state index contributed by atoms with van der Waals surface area (Å²) >= 11 is 0. The summed E-state index contributed by atoms with van der Waals surface area (Å²) in [4.78, 5) is 0. The average molecular weight is 195 g/mol. The van der Waals surface area contributed by atoms with E-state index in [2.05, 4.69) is 0 Å². The molecule has 2 saturated carbocycles. The lowest BCUT2D eigenvalue weighted by Gasteiger charge is -2.31. The fourth-order valence-corrected chi connectivity index (χ4v) is 3.21. The van der Waals surface area contributed by atoms with Crippen molar-refractivity contribution in [2.75, 3.05) is 6.61 Å². The number of hydrogen-bond donors (Lipinski definition) is 1. The van der Waals surface area contributed by atoms with Gasteiger partial charge in [-0.15, -0.1) is 0 Å². The van der Waals surface area contributed by atoms with Gasteiger partial charge in [0, 0.05) is 5.92 Å². The van der Waals surface area contributed by atoms with Gasteiger partial charge in [0.1, 0.15) is 0 Å². The van der Waals surface area contributed by atoms with Gasteiger partial charge in [0.15, 0.2) is 5.90 Å². The maximum absolute atomic E-state index is 7.81. The van der Waals surface area contributed by atoms with Crippen molar-refractivity contribution in [1.29, 1.82) is 5.41 Å². The molecule has 0 aromatic rings. The number of hydrogen-bond acceptors (Lipinski definition) is 2. The van der Waals surface area contributed by atoms with Crippen molar-refractivity contribution in [3.63, 3.8) is 0 Å². The minimum atomic E-state index is 0.439. The third-order valence-electron chi connectivity index (χ3n) is 3.96. The van der Waals surface area contributed by atoms with E-state index in [1.165, 1.54) is 38.5 Å². The number of ether oxygens (including phenoxy) is 1. The van der Waals surface area contributed by atoms with Gasteiger partial charge in [0.25, 0.3) is 0 Å². The van der Waals surface area contributed by atoms with E-state index in [1.54, 1.807) is 0 Å². The predicted molar refractivity (Wildman–Crippen MR) is 57.5 cm³/mol. The molecule has 0 heterocycles. The van der Waals surface area contributed by atoms with E-state index in [9.17, 15) is 0 Å². The SMILES string of the molecule is CCOC(=N)C1CCC2CCCC2C1. The first-order chi connectivity index (χ1) is 6.81. The first-order valence-electron chi connectivity index (χ1n) is 6.02. The maximum Gasteiger partial charge on any atom is 0.183 e. The second-order valence-corrected chi connectivity index (χ2v) is 4.76. The number of nitrogens with one attached hydrogen (secondary N) is 1. The van der Waals surface area contributed by atoms with Crippen molar-refractivity contribution in [2.45, 2.75) is 45.4 Å². The summed E-state index contributed by atoms with van der Waals surface area (Å²) < 4.78 is 5.31. The lowest BCUT2D eigenvalue weighted by molar-refractivity contribution is 0.210. The molecule has 1 N–H and O–H groups in total. The molecule has 0 bridgehead atoms. The van der Waals surface area contributed by atoms with Gasteiger partial charge in [-0.2, -0.15) is 0 Å². The van der Waals surface area contributed by atoms with Crippen LogP contribution in [0.25, 0.3) is 0 Å². The van der Waals surface area contributed by atoms with Crippen molar-refractivity contribution < 1.29 is 4.74 Å². The molecule has 2 aliphatic carbocycles. The Bertz CT molecular complexity index is 214. The van der Waals surface area contributed by atoms with Gasteiger partial charge in [-0.3, -0.25) is 5.41 Å². The molecule has 2 fully saturated rings. The molecule has 2 heteroatoms. The minimum Gasteiger partial charge on any atom is -0.481 e. The van der Waals surface area contributed by atoms with E-state index >= 15 is 0 Å². The Labute approximate surface area is 86.5 Å². The van der Waals surface area contributed by atoms with Gasteiger partial charge in [-0.25, -0.2) is 0 Å². The molecule has 3 atom stereocenters. The Balaban J connectivity index is 1.87. The zero-order chi connectivity index (χ0) is 9.97. The number of fused-ring (bicyclic) bond motifs is 1. The van der Waals surface area contributed by atoms with Crippen LogP contribution in [0.15, 0.2) is 0 Å². The highest BCUT2D eigenvalue weighted by Gasteiger charge is 2.35. The third kappa shape index (κ3) is 1.94. The summed E-state index contributed by atoms with van der Waals surface area (Å²) in [6.07, 6.45) is 8.03. The van der Waals surface area contributed by atoms with Gasteiger partial charge in [0.2, 0.25) is 0 Å². The van der Waals surface area contributed by atoms with E-state index in [1.807, 2.05) is 6.92 Å². The summed E-state index contributed by atoms with van der Waals surface area (Å²) in [5.41, 5.74) is 0. The maximum atomic E-state index is 7.81. The zero-order valence-corrected chi connectivity index (χ0v) is 9.09. The normalized spacial score (nSPS) is 36.5. The van der Waals surface area contributed by atoms with Gasteiger partial charge < -0.3 is 4.74 Å². The van der Waals surface area contributed by atoms with Crippen LogP contribution < -0.4 is 0 Å². The molecule has 0 amide bonds. The van der Waals surface area contributed by atoms with Crippen LogP contribution >= 0.6 is 0 Å². The molecule has 0 aromatic carbocycles. The topological polar surface area (TPSA) is 33.1 Å². The molecule has 0 aliphatic heterocycles. The Kier molecular flexibility index (Phi) is 3.09. The quantitative estimate of drug-likeness (QED) is 0.532. The predicted octanol–water partition coefficient (Wildman–Crippen LogP) is 3.22. The molecule has 0 aromatic heterocycles. The smallest absolute Gasteiger partial charge is 0.183 e. The first kappa shape index (κ1) is 10.0. The first-order valence-corrected chi connectivity index (χ1v) is 6.02. The Morgan fingerprint density at radius 2 is 2.00 bits per heavy atom. The van der Waals surface area contributed by atoms with Gasteiger partial charge >= 0.3 is 0 Å². The monoisotopic (exact) mass is 195 g/mol. The van der Waals surface area contributed by atoms with Crippen LogP contribution in [0.1, 0.15) is 45.4 Å². The Morgan fingerprint density at radius 3 is 2.79 bits per heavy atom. The second-order valence-electron chi connectivity index (χ2n) is 4.76. The van der Waals surface area contributed by atoms with E-state index in [0.29, 0.717) is 18.4 Å². The van der Waals surface area contributed by atoms with E-state index in [4.69, 9.17) is 10.1 Å². The van der Waals surface area contributed by atoms with Gasteiger partial charge in [0.05, 0.1) is 6.61 Å². The van der Waals surface area contributed by atoms with Crippen LogP contribution in [0.4, 0.5) is 0 Å². The third-order valence-corrected chi connectivity index (χ3v) is 3.96. The van der Waals surface area contributed by atoms with Crippen LogP contribution in [-0.4, -0.2) is 12.5 Å².